The Morgan fingerprint density at radius 3 is 2.73 bits per heavy atom. The van der Waals surface area contributed by atoms with E-state index in [0.717, 1.165) is 16.7 Å². The quantitative estimate of drug-likeness (QED) is 0.802. The molecule has 1 aromatic heterocycles. The second-order valence-electron chi connectivity index (χ2n) is 6.58. The minimum absolute atomic E-state index is 0.0245. The van der Waals surface area contributed by atoms with E-state index in [1.165, 1.54) is 32.1 Å². The molecule has 2 aromatic rings. The van der Waals surface area contributed by atoms with Gasteiger partial charge in [0, 0.05) is 18.9 Å². The second-order valence-corrected chi connectivity index (χ2v) is 6.58. The van der Waals surface area contributed by atoms with Crippen molar-refractivity contribution in [3.05, 3.63) is 36.1 Å². The third-order valence-electron chi connectivity index (χ3n) is 5.02. The number of para-hydroxylation sites is 1. The van der Waals surface area contributed by atoms with Crippen molar-refractivity contribution in [3.8, 4) is 0 Å². The Morgan fingerprint density at radius 2 is 2.00 bits per heavy atom. The highest BCUT2D eigenvalue weighted by Crippen LogP contribution is 2.30. The first-order valence-electron chi connectivity index (χ1n) is 8.39. The summed E-state index contributed by atoms with van der Waals surface area (Å²) in [7, 11) is 1.89. The van der Waals surface area contributed by atoms with Gasteiger partial charge in [0.05, 0.1) is 6.04 Å². The van der Waals surface area contributed by atoms with Crippen LogP contribution in [-0.4, -0.2) is 17.9 Å². The molecule has 22 heavy (non-hydrogen) atoms. The first-order chi connectivity index (χ1) is 10.6. The van der Waals surface area contributed by atoms with E-state index in [4.69, 9.17) is 4.42 Å². The van der Waals surface area contributed by atoms with Crippen LogP contribution in [0.1, 0.15) is 57.3 Å². The van der Waals surface area contributed by atoms with Crippen molar-refractivity contribution in [2.75, 3.05) is 7.05 Å². The Balaban J connectivity index is 1.67. The van der Waals surface area contributed by atoms with Crippen LogP contribution in [0.3, 0.4) is 0 Å². The summed E-state index contributed by atoms with van der Waals surface area (Å²) in [6.07, 6.45) is 6.98. The van der Waals surface area contributed by atoms with Crippen LogP contribution >= 0.6 is 0 Å². The van der Waals surface area contributed by atoms with Crippen LogP contribution in [0.2, 0.25) is 0 Å². The highest BCUT2D eigenvalue weighted by Gasteiger charge is 2.24. The molecule has 0 radical (unpaired) electrons. The summed E-state index contributed by atoms with van der Waals surface area (Å²) in [4.78, 5) is 14.4. The summed E-state index contributed by atoms with van der Waals surface area (Å²) in [5, 5.41) is 1.09. The maximum Gasteiger partial charge on any atom is 0.223 e. The monoisotopic (exact) mass is 299 g/mol. The molecule has 1 fully saturated rings. The number of hydrogen-bond donors (Lipinski definition) is 0. The van der Waals surface area contributed by atoms with Crippen molar-refractivity contribution < 1.29 is 9.21 Å². The molecule has 3 rings (SSSR count). The fourth-order valence-electron chi connectivity index (χ4n) is 3.40. The van der Waals surface area contributed by atoms with Gasteiger partial charge in [-0.15, -0.1) is 0 Å². The smallest absolute Gasteiger partial charge is 0.223 e. The van der Waals surface area contributed by atoms with E-state index in [-0.39, 0.29) is 11.9 Å². The molecule has 0 N–H and O–H groups in total. The number of benzene rings is 1. The number of carbonyl (C=O) groups excluding carboxylic acids is 1. The van der Waals surface area contributed by atoms with Gasteiger partial charge in [-0.1, -0.05) is 37.5 Å². The molecule has 0 aliphatic heterocycles. The lowest BCUT2D eigenvalue weighted by Crippen LogP contribution is -2.31. The maximum absolute atomic E-state index is 12.5. The van der Waals surface area contributed by atoms with E-state index in [2.05, 4.69) is 0 Å². The molecule has 1 unspecified atom stereocenters. The Bertz CT molecular complexity index is 607. The van der Waals surface area contributed by atoms with Crippen molar-refractivity contribution >= 4 is 16.9 Å². The van der Waals surface area contributed by atoms with Crippen LogP contribution in [0.25, 0.3) is 11.0 Å². The molecule has 118 valence electrons. The van der Waals surface area contributed by atoms with Gasteiger partial charge in [-0.25, -0.2) is 0 Å². The number of hydrogen-bond acceptors (Lipinski definition) is 2. The minimum Gasteiger partial charge on any atom is -0.459 e. The van der Waals surface area contributed by atoms with Crippen molar-refractivity contribution in [1.29, 1.82) is 0 Å². The summed E-state index contributed by atoms with van der Waals surface area (Å²) in [5.41, 5.74) is 0.887. The molecule has 1 aromatic carbocycles. The highest BCUT2D eigenvalue weighted by molar-refractivity contribution is 5.79. The normalized spacial score (nSPS) is 17.5. The lowest BCUT2D eigenvalue weighted by molar-refractivity contribution is -0.133. The van der Waals surface area contributed by atoms with Gasteiger partial charge < -0.3 is 9.32 Å². The zero-order valence-electron chi connectivity index (χ0n) is 13.5. The van der Waals surface area contributed by atoms with E-state index < -0.39 is 0 Å². The third-order valence-corrected chi connectivity index (χ3v) is 5.02. The maximum atomic E-state index is 12.5. The van der Waals surface area contributed by atoms with Gasteiger partial charge in [-0.3, -0.25) is 4.79 Å². The molecular formula is C19H25NO2. The number of rotatable bonds is 4. The van der Waals surface area contributed by atoms with E-state index in [9.17, 15) is 4.79 Å². The van der Waals surface area contributed by atoms with E-state index in [1.54, 1.807) is 0 Å². The Hall–Kier alpha value is -1.77. The fraction of sp³-hybridized carbons (Fsp3) is 0.526. The van der Waals surface area contributed by atoms with E-state index >= 15 is 0 Å². The summed E-state index contributed by atoms with van der Waals surface area (Å²) >= 11 is 0. The predicted octanol–water partition coefficient (Wildman–Crippen LogP) is 4.92. The number of nitrogens with zero attached hydrogens (tertiary/aromatic N) is 1. The molecule has 0 saturated heterocycles. The van der Waals surface area contributed by atoms with Crippen LogP contribution in [-0.2, 0) is 4.79 Å². The zero-order chi connectivity index (χ0) is 15.5. The van der Waals surface area contributed by atoms with Crippen molar-refractivity contribution in [2.24, 2.45) is 5.92 Å². The summed E-state index contributed by atoms with van der Waals surface area (Å²) in [5.74, 6) is 1.67. The number of furan rings is 1. The number of fused-ring (bicyclic) bond motifs is 1. The average Bonchev–Trinajstić information content (AvgIpc) is 2.98. The van der Waals surface area contributed by atoms with E-state index in [1.807, 2.05) is 49.2 Å². The van der Waals surface area contributed by atoms with Crippen molar-refractivity contribution in [3.63, 3.8) is 0 Å². The van der Waals surface area contributed by atoms with Gasteiger partial charge in [0.2, 0.25) is 5.91 Å². The lowest BCUT2D eigenvalue weighted by Gasteiger charge is -2.27. The number of amides is 1. The SMILES string of the molecule is CC(c1cc2ccccc2o1)N(C)C(=O)CC1CCCCC1. The minimum atomic E-state index is -0.0245. The van der Waals surface area contributed by atoms with Crippen LogP contribution in [0.5, 0.6) is 0 Å². The number of carbonyl (C=O) groups is 1. The van der Waals surface area contributed by atoms with E-state index in [0.29, 0.717) is 12.3 Å². The molecule has 1 aliphatic rings. The van der Waals surface area contributed by atoms with Gasteiger partial charge >= 0.3 is 0 Å². The molecule has 0 bridgehead atoms. The topological polar surface area (TPSA) is 33.5 Å². The van der Waals surface area contributed by atoms with Gasteiger partial charge in [-0.2, -0.15) is 0 Å². The molecule has 3 heteroatoms. The van der Waals surface area contributed by atoms with Crippen molar-refractivity contribution in [1.82, 2.24) is 4.90 Å². The first-order valence-corrected chi connectivity index (χ1v) is 8.39. The standard InChI is InChI=1S/C19H25NO2/c1-14(18-13-16-10-6-7-11-17(16)22-18)20(2)19(21)12-15-8-4-3-5-9-15/h6-7,10-11,13-15H,3-5,8-9,12H2,1-2H3. The summed E-state index contributed by atoms with van der Waals surface area (Å²) < 4.78 is 5.90. The largest absolute Gasteiger partial charge is 0.459 e. The second kappa shape index (κ2) is 6.55. The molecule has 3 nitrogen and oxygen atoms in total. The molecule has 0 spiro atoms. The van der Waals surface area contributed by atoms with Crippen LogP contribution in [0.15, 0.2) is 34.7 Å². The van der Waals surface area contributed by atoms with Gasteiger partial charge in [-0.05, 0) is 37.8 Å². The third kappa shape index (κ3) is 3.18. The van der Waals surface area contributed by atoms with Crippen LogP contribution in [0.4, 0.5) is 0 Å². The van der Waals surface area contributed by atoms with Crippen LogP contribution < -0.4 is 0 Å². The molecule has 1 heterocycles. The summed E-state index contributed by atoms with van der Waals surface area (Å²) in [6, 6.07) is 10.0. The zero-order valence-corrected chi connectivity index (χ0v) is 13.5. The highest BCUT2D eigenvalue weighted by atomic mass is 16.3. The van der Waals surface area contributed by atoms with Gasteiger partial charge in [0.25, 0.3) is 0 Å². The van der Waals surface area contributed by atoms with Crippen LogP contribution in [0, 0.1) is 5.92 Å². The van der Waals surface area contributed by atoms with Gasteiger partial charge in [0.15, 0.2) is 0 Å². The van der Waals surface area contributed by atoms with Crippen molar-refractivity contribution in [2.45, 2.75) is 51.5 Å². The Kier molecular flexibility index (Phi) is 4.51. The molecular weight excluding hydrogens is 274 g/mol. The van der Waals surface area contributed by atoms with Gasteiger partial charge in [0.1, 0.15) is 11.3 Å². The molecule has 1 amide bonds. The first kappa shape index (κ1) is 15.1. The Labute approximate surface area is 132 Å². The average molecular weight is 299 g/mol. The molecule has 1 aliphatic carbocycles. The Morgan fingerprint density at radius 1 is 1.27 bits per heavy atom. The lowest BCUT2D eigenvalue weighted by atomic mass is 9.86. The molecule has 1 atom stereocenters. The fourth-order valence-corrected chi connectivity index (χ4v) is 3.40. The molecule has 1 saturated carbocycles. The summed E-state index contributed by atoms with van der Waals surface area (Å²) in [6.45, 7) is 2.04. The predicted molar refractivity (Wildman–Crippen MR) is 88.6 cm³/mol.